The number of amides is 3. The number of nitrogens with two attached hydrogens (primary N) is 1. The molecule has 12 nitrogen and oxygen atoms in total. The van der Waals surface area contributed by atoms with Gasteiger partial charge in [0.15, 0.2) is 0 Å². The molecule has 0 saturated carbocycles. The van der Waals surface area contributed by atoms with Crippen molar-refractivity contribution < 1.29 is 29.4 Å². The first kappa shape index (κ1) is 28.0. The summed E-state index contributed by atoms with van der Waals surface area (Å²) < 4.78 is 0. The third-order valence-electron chi connectivity index (χ3n) is 5.26. The molecule has 5 atom stereocenters. The van der Waals surface area contributed by atoms with E-state index in [9.17, 15) is 24.3 Å². The number of rotatable bonds is 14. The number of carbonyl (C=O) groups excluding carboxylic acids is 3. The minimum absolute atomic E-state index is 0.0477. The standard InChI is InChI=1S/C21H36N6O6/c1-5-12(4)17(20(31)26-16(9-28)21(32)33)27-19(30)15(6-11(2)3)25-18(29)14(22)7-13-8-23-10-24-13/h8,10-12,14-17,28H,5-7,9,22H2,1-4H3,(H,23,24)(H,25,29)(H,26,31)(H,27,30)(H,32,33). The van der Waals surface area contributed by atoms with Gasteiger partial charge in [-0.2, -0.15) is 0 Å². The predicted molar refractivity (Wildman–Crippen MR) is 120 cm³/mol. The lowest BCUT2D eigenvalue weighted by Crippen LogP contribution is -2.59. The molecule has 1 aromatic rings. The summed E-state index contributed by atoms with van der Waals surface area (Å²) in [7, 11) is 0. The van der Waals surface area contributed by atoms with E-state index in [0.717, 1.165) is 0 Å². The zero-order valence-corrected chi connectivity index (χ0v) is 19.5. The van der Waals surface area contributed by atoms with Crippen LogP contribution in [-0.4, -0.2) is 74.6 Å². The topological polar surface area (TPSA) is 200 Å². The molecule has 0 aliphatic carbocycles. The van der Waals surface area contributed by atoms with E-state index < -0.39 is 54.5 Å². The number of imidazole rings is 1. The van der Waals surface area contributed by atoms with Crippen LogP contribution >= 0.6 is 0 Å². The van der Waals surface area contributed by atoms with Crippen LogP contribution in [0.1, 0.15) is 46.2 Å². The van der Waals surface area contributed by atoms with Crippen molar-refractivity contribution in [1.82, 2.24) is 25.9 Å². The van der Waals surface area contributed by atoms with Gasteiger partial charge in [0, 0.05) is 18.3 Å². The molecule has 186 valence electrons. The number of H-pyrrole nitrogens is 1. The second kappa shape index (κ2) is 13.5. The van der Waals surface area contributed by atoms with E-state index in [-0.39, 0.29) is 18.3 Å². The van der Waals surface area contributed by atoms with Gasteiger partial charge in [0.2, 0.25) is 17.7 Å². The van der Waals surface area contributed by atoms with Crippen LogP contribution in [0.2, 0.25) is 0 Å². The largest absolute Gasteiger partial charge is 0.480 e. The highest BCUT2D eigenvalue weighted by Crippen LogP contribution is 2.11. The third-order valence-corrected chi connectivity index (χ3v) is 5.26. The van der Waals surface area contributed by atoms with Crippen LogP contribution in [0.25, 0.3) is 0 Å². The van der Waals surface area contributed by atoms with Crippen molar-refractivity contribution in [2.75, 3.05) is 6.61 Å². The monoisotopic (exact) mass is 468 g/mol. The molecule has 5 unspecified atom stereocenters. The number of hydrogen-bond acceptors (Lipinski definition) is 7. The van der Waals surface area contributed by atoms with Crippen molar-refractivity contribution in [3.63, 3.8) is 0 Å². The average molecular weight is 469 g/mol. The Hall–Kier alpha value is -2.99. The Labute approximate surface area is 193 Å². The van der Waals surface area contributed by atoms with E-state index in [4.69, 9.17) is 10.8 Å². The van der Waals surface area contributed by atoms with Crippen molar-refractivity contribution in [1.29, 1.82) is 0 Å². The molecule has 0 fully saturated rings. The van der Waals surface area contributed by atoms with E-state index in [1.54, 1.807) is 13.1 Å². The van der Waals surface area contributed by atoms with E-state index in [1.165, 1.54) is 6.33 Å². The van der Waals surface area contributed by atoms with Gasteiger partial charge >= 0.3 is 5.97 Å². The van der Waals surface area contributed by atoms with Crippen LogP contribution in [0.3, 0.4) is 0 Å². The summed E-state index contributed by atoms with van der Waals surface area (Å²) >= 11 is 0. The average Bonchev–Trinajstić information content (AvgIpc) is 3.26. The lowest BCUT2D eigenvalue weighted by atomic mass is 9.96. The molecular weight excluding hydrogens is 432 g/mol. The third kappa shape index (κ3) is 9.18. The van der Waals surface area contributed by atoms with Gasteiger partial charge in [0.25, 0.3) is 0 Å². The van der Waals surface area contributed by atoms with Crippen molar-refractivity contribution in [2.24, 2.45) is 17.6 Å². The molecule has 1 aromatic heterocycles. The smallest absolute Gasteiger partial charge is 0.328 e. The fourth-order valence-electron chi connectivity index (χ4n) is 3.11. The van der Waals surface area contributed by atoms with E-state index in [1.807, 2.05) is 20.8 Å². The molecule has 1 heterocycles. The van der Waals surface area contributed by atoms with Crippen molar-refractivity contribution in [3.05, 3.63) is 18.2 Å². The molecule has 33 heavy (non-hydrogen) atoms. The van der Waals surface area contributed by atoms with E-state index in [2.05, 4.69) is 25.9 Å². The fourth-order valence-corrected chi connectivity index (χ4v) is 3.11. The molecule has 0 aliphatic rings. The summed E-state index contributed by atoms with van der Waals surface area (Å²) in [6.45, 7) is 6.53. The molecule has 3 amide bonds. The molecule has 0 radical (unpaired) electrons. The number of carboxylic acid groups (broad SMARTS) is 1. The van der Waals surface area contributed by atoms with Gasteiger partial charge in [-0.1, -0.05) is 34.1 Å². The summed E-state index contributed by atoms with van der Waals surface area (Å²) in [5.74, 6) is -3.52. The minimum atomic E-state index is -1.49. The van der Waals surface area contributed by atoms with Crippen LogP contribution < -0.4 is 21.7 Å². The molecular formula is C21H36N6O6. The molecule has 0 spiro atoms. The minimum Gasteiger partial charge on any atom is -0.480 e. The first-order valence-electron chi connectivity index (χ1n) is 11.0. The maximum absolute atomic E-state index is 13.0. The fraction of sp³-hybridized carbons (Fsp3) is 0.667. The highest BCUT2D eigenvalue weighted by atomic mass is 16.4. The van der Waals surface area contributed by atoms with Crippen LogP contribution in [0.15, 0.2) is 12.5 Å². The van der Waals surface area contributed by atoms with Gasteiger partial charge < -0.3 is 36.9 Å². The first-order chi connectivity index (χ1) is 15.5. The van der Waals surface area contributed by atoms with Crippen LogP contribution in [0.5, 0.6) is 0 Å². The highest BCUT2D eigenvalue weighted by Gasteiger charge is 2.32. The van der Waals surface area contributed by atoms with Crippen LogP contribution in [0, 0.1) is 11.8 Å². The number of aliphatic hydroxyl groups excluding tert-OH is 1. The summed E-state index contributed by atoms with van der Waals surface area (Å²) in [6, 6.07) is -4.41. The quantitative estimate of drug-likeness (QED) is 0.178. The number of hydrogen-bond donors (Lipinski definition) is 7. The molecule has 0 aliphatic heterocycles. The zero-order chi connectivity index (χ0) is 25.1. The van der Waals surface area contributed by atoms with Gasteiger partial charge in [0.05, 0.1) is 19.0 Å². The molecule has 8 N–H and O–H groups in total. The second-order valence-corrected chi connectivity index (χ2v) is 8.53. The maximum atomic E-state index is 13.0. The molecule has 0 bridgehead atoms. The lowest BCUT2D eigenvalue weighted by Gasteiger charge is -2.28. The Morgan fingerprint density at radius 3 is 2.18 bits per heavy atom. The van der Waals surface area contributed by atoms with E-state index in [0.29, 0.717) is 18.5 Å². The summed E-state index contributed by atoms with van der Waals surface area (Å²) in [5, 5.41) is 25.8. The molecule has 1 rings (SSSR count). The zero-order valence-electron chi connectivity index (χ0n) is 19.5. The summed E-state index contributed by atoms with van der Waals surface area (Å²) in [6.07, 6.45) is 4.05. The number of aromatic amines is 1. The van der Waals surface area contributed by atoms with Gasteiger partial charge in [-0.25, -0.2) is 9.78 Å². The Balaban J connectivity index is 2.93. The predicted octanol–water partition coefficient (Wildman–Crippen LogP) is -1.10. The first-order valence-corrected chi connectivity index (χ1v) is 11.0. The van der Waals surface area contributed by atoms with Gasteiger partial charge in [-0.3, -0.25) is 14.4 Å². The van der Waals surface area contributed by atoms with Gasteiger partial charge in [-0.15, -0.1) is 0 Å². The Bertz CT molecular complexity index is 784. The van der Waals surface area contributed by atoms with Crippen LogP contribution in [0.4, 0.5) is 0 Å². The number of nitrogens with zero attached hydrogens (tertiary/aromatic N) is 1. The second-order valence-electron chi connectivity index (χ2n) is 8.53. The van der Waals surface area contributed by atoms with Crippen molar-refractivity contribution in [2.45, 2.75) is 71.1 Å². The Morgan fingerprint density at radius 1 is 1.06 bits per heavy atom. The highest BCUT2D eigenvalue weighted by molar-refractivity contribution is 5.94. The number of aliphatic hydroxyl groups is 1. The normalized spacial score (nSPS) is 15.7. The summed E-state index contributed by atoms with van der Waals surface area (Å²) in [4.78, 5) is 56.2. The van der Waals surface area contributed by atoms with Gasteiger partial charge in [-0.05, 0) is 18.3 Å². The van der Waals surface area contributed by atoms with Gasteiger partial charge in [0.1, 0.15) is 18.1 Å². The lowest BCUT2D eigenvalue weighted by molar-refractivity contribution is -0.143. The number of carbonyl (C=O) groups is 4. The Morgan fingerprint density at radius 2 is 1.70 bits per heavy atom. The SMILES string of the molecule is CCC(C)C(NC(=O)C(CC(C)C)NC(=O)C(N)Cc1cnc[nH]1)C(=O)NC(CO)C(=O)O. The number of aromatic nitrogens is 2. The van der Waals surface area contributed by atoms with Crippen molar-refractivity contribution in [3.8, 4) is 0 Å². The molecule has 0 saturated heterocycles. The number of nitrogens with one attached hydrogen (secondary N) is 4. The summed E-state index contributed by atoms with van der Waals surface area (Å²) in [5.41, 5.74) is 6.64. The van der Waals surface area contributed by atoms with Crippen molar-refractivity contribution >= 4 is 23.7 Å². The maximum Gasteiger partial charge on any atom is 0.328 e. The molecule has 0 aromatic carbocycles. The van der Waals surface area contributed by atoms with E-state index >= 15 is 0 Å². The molecule has 12 heteroatoms. The Kier molecular flexibility index (Phi) is 11.5. The number of carboxylic acids is 1. The number of aliphatic carboxylic acids is 1. The van der Waals surface area contributed by atoms with Crippen LogP contribution in [-0.2, 0) is 25.6 Å².